The first-order valence-corrected chi connectivity index (χ1v) is 8.42. The zero-order valence-corrected chi connectivity index (χ0v) is 14.6. The fraction of sp³-hybridized carbons (Fsp3) is 0.333. The van der Waals surface area contributed by atoms with Crippen molar-refractivity contribution in [2.24, 2.45) is 0 Å². The van der Waals surface area contributed by atoms with Crippen LogP contribution in [-0.2, 0) is 4.74 Å². The molecule has 1 aromatic heterocycles. The van der Waals surface area contributed by atoms with Gasteiger partial charge in [0.2, 0.25) is 0 Å². The van der Waals surface area contributed by atoms with E-state index in [1.807, 2.05) is 31.2 Å². The number of carbonyl (C=O) groups is 2. The van der Waals surface area contributed by atoms with E-state index in [1.165, 1.54) is 16.9 Å². The smallest absolute Gasteiger partial charge is 0.348 e. The van der Waals surface area contributed by atoms with E-state index in [2.05, 4.69) is 19.2 Å². The van der Waals surface area contributed by atoms with Gasteiger partial charge in [-0.15, -0.1) is 11.3 Å². The van der Waals surface area contributed by atoms with Gasteiger partial charge < -0.3 is 10.1 Å². The second kappa shape index (κ2) is 7.42. The highest BCUT2D eigenvalue weighted by Gasteiger charge is 2.16. The molecule has 5 heteroatoms. The molecule has 0 aliphatic heterocycles. The maximum atomic E-state index is 12.3. The lowest BCUT2D eigenvalue weighted by Gasteiger charge is -2.07. The molecular weight excluding hydrogens is 310 g/mol. The fourth-order valence-corrected chi connectivity index (χ4v) is 3.11. The number of carbonyl (C=O) groups excluding carboxylic acids is 2. The van der Waals surface area contributed by atoms with Crippen molar-refractivity contribution in [3.63, 3.8) is 0 Å². The summed E-state index contributed by atoms with van der Waals surface area (Å²) in [6, 6.07) is 9.35. The van der Waals surface area contributed by atoms with E-state index in [9.17, 15) is 9.59 Å². The van der Waals surface area contributed by atoms with Gasteiger partial charge in [-0.05, 0) is 49.1 Å². The molecule has 0 aliphatic rings. The van der Waals surface area contributed by atoms with Gasteiger partial charge in [0.05, 0.1) is 11.6 Å². The van der Waals surface area contributed by atoms with E-state index in [4.69, 9.17) is 4.74 Å². The Hall–Kier alpha value is -2.14. The van der Waals surface area contributed by atoms with Gasteiger partial charge in [0.1, 0.15) is 4.88 Å². The third-order valence-electron chi connectivity index (χ3n) is 3.45. The highest BCUT2D eigenvalue weighted by atomic mass is 32.1. The molecule has 0 fully saturated rings. The van der Waals surface area contributed by atoms with Crippen LogP contribution in [0.4, 0.5) is 5.00 Å². The minimum Gasteiger partial charge on any atom is -0.462 e. The van der Waals surface area contributed by atoms with Gasteiger partial charge in [-0.2, -0.15) is 0 Å². The zero-order valence-electron chi connectivity index (χ0n) is 13.8. The van der Waals surface area contributed by atoms with Crippen molar-refractivity contribution in [2.45, 2.75) is 33.6 Å². The number of thiophene rings is 1. The van der Waals surface area contributed by atoms with E-state index >= 15 is 0 Å². The Morgan fingerprint density at radius 1 is 1.22 bits per heavy atom. The normalized spacial score (nSPS) is 10.7. The topological polar surface area (TPSA) is 55.4 Å². The number of rotatable bonds is 5. The summed E-state index contributed by atoms with van der Waals surface area (Å²) in [5, 5.41) is 3.48. The molecule has 2 aromatic rings. The highest BCUT2D eigenvalue weighted by Crippen LogP contribution is 2.28. The van der Waals surface area contributed by atoms with Crippen LogP contribution >= 0.6 is 11.3 Å². The Kier molecular flexibility index (Phi) is 5.55. The summed E-state index contributed by atoms with van der Waals surface area (Å²) in [4.78, 5) is 24.6. The van der Waals surface area contributed by atoms with Crippen molar-refractivity contribution in [2.75, 3.05) is 11.9 Å². The molecule has 1 aromatic carbocycles. The standard InChI is InChI=1S/C18H21NO3S/c1-5-22-18(21)16-12(4)10-15(23-16)19-17(20)14-8-6-13(7-9-14)11(2)3/h6-11H,5H2,1-4H3,(H,19,20). The zero-order chi connectivity index (χ0) is 17.0. The van der Waals surface area contributed by atoms with Gasteiger partial charge in [-0.3, -0.25) is 4.79 Å². The summed E-state index contributed by atoms with van der Waals surface area (Å²) >= 11 is 1.23. The van der Waals surface area contributed by atoms with Crippen LogP contribution in [0.5, 0.6) is 0 Å². The van der Waals surface area contributed by atoms with Gasteiger partial charge in [-0.1, -0.05) is 26.0 Å². The second-order valence-electron chi connectivity index (χ2n) is 5.57. The van der Waals surface area contributed by atoms with Crippen molar-refractivity contribution in [1.82, 2.24) is 0 Å². The number of hydrogen-bond acceptors (Lipinski definition) is 4. The number of amides is 1. The Labute approximate surface area is 140 Å². The number of benzene rings is 1. The number of anilines is 1. The monoisotopic (exact) mass is 331 g/mol. The van der Waals surface area contributed by atoms with Crippen LogP contribution in [-0.4, -0.2) is 18.5 Å². The van der Waals surface area contributed by atoms with Gasteiger partial charge in [0.15, 0.2) is 0 Å². The largest absolute Gasteiger partial charge is 0.462 e. The number of esters is 1. The molecule has 2 rings (SSSR count). The van der Waals surface area contributed by atoms with Crippen LogP contribution in [0, 0.1) is 6.92 Å². The first kappa shape index (κ1) is 17.2. The molecule has 0 saturated heterocycles. The minimum atomic E-state index is -0.350. The number of aryl methyl sites for hydroxylation is 1. The van der Waals surface area contributed by atoms with E-state index in [1.54, 1.807) is 13.0 Å². The molecule has 122 valence electrons. The molecule has 0 radical (unpaired) electrons. The average Bonchev–Trinajstić information content (AvgIpc) is 2.88. The summed E-state index contributed by atoms with van der Waals surface area (Å²) < 4.78 is 5.01. The molecule has 1 N–H and O–H groups in total. The lowest BCUT2D eigenvalue weighted by Crippen LogP contribution is -2.10. The van der Waals surface area contributed by atoms with Gasteiger partial charge >= 0.3 is 5.97 Å². The van der Waals surface area contributed by atoms with E-state index in [0.29, 0.717) is 28.0 Å². The van der Waals surface area contributed by atoms with E-state index < -0.39 is 0 Å². The van der Waals surface area contributed by atoms with Crippen LogP contribution in [0.1, 0.15) is 57.8 Å². The van der Waals surface area contributed by atoms with Crippen molar-refractivity contribution in [3.05, 3.63) is 51.9 Å². The van der Waals surface area contributed by atoms with Crippen molar-refractivity contribution in [1.29, 1.82) is 0 Å². The Morgan fingerprint density at radius 3 is 2.43 bits per heavy atom. The number of ether oxygens (including phenoxy) is 1. The molecule has 0 unspecified atom stereocenters. The summed E-state index contributed by atoms with van der Waals surface area (Å²) in [7, 11) is 0. The summed E-state index contributed by atoms with van der Waals surface area (Å²) in [6.45, 7) is 8.15. The molecule has 4 nitrogen and oxygen atoms in total. The third kappa shape index (κ3) is 4.20. The molecular formula is C18H21NO3S. The molecule has 0 atom stereocenters. The van der Waals surface area contributed by atoms with E-state index in [0.717, 1.165) is 5.56 Å². The molecule has 0 aliphatic carbocycles. The SMILES string of the molecule is CCOC(=O)c1sc(NC(=O)c2ccc(C(C)C)cc2)cc1C. The maximum Gasteiger partial charge on any atom is 0.348 e. The molecule has 0 bridgehead atoms. The number of hydrogen-bond donors (Lipinski definition) is 1. The van der Waals surface area contributed by atoms with Crippen LogP contribution < -0.4 is 5.32 Å². The second-order valence-corrected chi connectivity index (χ2v) is 6.63. The van der Waals surface area contributed by atoms with Gasteiger partial charge in [-0.25, -0.2) is 4.79 Å². The predicted octanol–water partition coefficient (Wildman–Crippen LogP) is 4.61. The van der Waals surface area contributed by atoms with E-state index in [-0.39, 0.29) is 11.9 Å². The van der Waals surface area contributed by atoms with Crippen LogP contribution in [0.15, 0.2) is 30.3 Å². The average molecular weight is 331 g/mol. The maximum absolute atomic E-state index is 12.3. The first-order chi connectivity index (χ1) is 10.9. The Bertz CT molecular complexity index is 702. The van der Waals surface area contributed by atoms with Crippen LogP contribution in [0.25, 0.3) is 0 Å². The predicted molar refractivity (Wildman–Crippen MR) is 93.5 cm³/mol. The lowest BCUT2D eigenvalue weighted by atomic mass is 10.0. The lowest BCUT2D eigenvalue weighted by molar-refractivity contribution is 0.0531. The fourth-order valence-electron chi connectivity index (χ4n) is 2.15. The van der Waals surface area contributed by atoms with Gasteiger partial charge in [0, 0.05) is 5.56 Å². The summed E-state index contributed by atoms with van der Waals surface area (Å²) in [5.41, 5.74) is 2.59. The minimum absolute atomic E-state index is 0.183. The van der Waals surface area contributed by atoms with Crippen LogP contribution in [0.3, 0.4) is 0 Å². The number of nitrogens with one attached hydrogen (secondary N) is 1. The van der Waals surface area contributed by atoms with Crippen molar-refractivity contribution in [3.8, 4) is 0 Å². The molecule has 1 amide bonds. The summed E-state index contributed by atoms with van der Waals surface area (Å²) in [5.74, 6) is -0.104. The van der Waals surface area contributed by atoms with Crippen molar-refractivity contribution >= 4 is 28.2 Å². The Morgan fingerprint density at radius 2 is 1.87 bits per heavy atom. The third-order valence-corrected chi connectivity index (χ3v) is 4.59. The Balaban J connectivity index is 2.11. The van der Waals surface area contributed by atoms with Crippen LogP contribution in [0.2, 0.25) is 0 Å². The highest BCUT2D eigenvalue weighted by molar-refractivity contribution is 7.18. The molecule has 0 spiro atoms. The first-order valence-electron chi connectivity index (χ1n) is 7.61. The quantitative estimate of drug-likeness (QED) is 0.814. The van der Waals surface area contributed by atoms with Gasteiger partial charge in [0.25, 0.3) is 5.91 Å². The summed E-state index contributed by atoms with van der Waals surface area (Å²) in [6.07, 6.45) is 0. The van der Waals surface area contributed by atoms with Crippen molar-refractivity contribution < 1.29 is 14.3 Å². The molecule has 1 heterocycles. The molecule has 23 heavy (non-hydrogen) atoms. The molecule has 0 saturated carbocycles.